The molecule has 0 N–H and O–H groups in total. The van der Waals surface area contributed by atoms with Crippen LogP contribution < -0.4 is 14.2 Å². The molecule has 0 radical (unpaired) electrons. The van der Waals surface area contributed by atoms with E-state index in [2.05, 4.69) is 166 Å². The number of aromatic nitrogens is 3. The average Bonchev–Trinajstić information content (AvgIpc) is 1.23. The summed E-state index contributed by atoms with van der Waals surface area (Å²) in [6.45, 7) is 14.0. The van der Waals surface area contributed by atoms with Gasteiger partial charge in [0.25, 0.3) is 0 Å². The zero-order valence-electron chi connectivity index (χ0n) is 52.0. The van der Waals surface area contributed by atoms with Crippen molar-refractivity contribution in [3.05, 3.63) is 322 Å². The Morgan fingerprint density at radius 2 is 0.457 bits per heavy atom. The number of nitrogens with zero attached hydrogens (tertiary/aromatic N) is 3. The molecule has 0 bridgehead atoms. The molecule has 0 fully saturated rings. The van der Waals surface area contributed by atoms with Gasteiger partial charge in [0.1, 0.15) is 17.2 Å². The number of esters is 3. The van der Waals surface area contributed by atoms with Gasteiger partial charge >= 0.3 is 17.9 Å². The Bertz CT molecular complexity index is 4740. The molecule has 0 unspecified atom stereocenters. The molecule has 15 rings (SSSR count). The van der Waals surface area contributed by atoms with Crippen LogP contribution in [-0.2, 0) is 5.41 Å². The van der Waals surface area contributed by atoms with Crippen LogP contribution in [0.1, 0.15) is 88.1 Å². The van der Waals surface area contributed by atoms with E-state index in [9.17, 15) is 14.4 Å². The standard InChI is InChI=1S/C83H63N3O6/c1-50-44-59(45-51(2)77(50)90-80(87)56-32-38-62(39-33-56)84-71-26-14-8-20-65(71)66-21-9-15-27-72(66)84)83(7,60-46-52(3)78(53(4)47-60)91-81(88)57-34-40-63(41-35-57)85-73-28-16-10-22-67(73)68-23-11-17-29-74(68)85)61-48-54(5)79(55(6)49-61)92-82(89)58-36-42-64(43-37-58)86-75-30-18-12-24-69(75)70-25-13-19-31-76(70)86/h8-49H,1-7H3. The smallest absolute Gasteiger partial charge is 0.343 e. The van der Waals surface area contributed by atoms with Crippen molar-refractivity contribution in [2.24, 2.45) is 0 Å². The number of aryl methyl sites for hydroxylation is 6. The first-order valence-corrected chi connectivity index (χ1v) is 31.0. The highest BCUT2D eigenvalue weighted by Crippen LogP contribution is 2.46. The zero-order chi connectivity index (χ0) is 63.1. The third-order valence-corrected chi connectivity index (χ3v) is 18.5. The highest BCUT2D eigenvalue weighted by molar-refractivity contribution is 6.11. The molecule has 0 saturated carbocycles. The maximum atomic E-state index is 14.2. The topological polar surface area (TPSA) is 93.7 Å². The third kappa shape index (κ3) is 9.51. The molecule has 0 amide bonds. The summed E-state index contributed by atoms with van der Waals surface area (Å²) in [7, 11) is 0. The second-order valence-electron chi connectivity index (χ2n) is 24.4. The van der Waals surface area contributed by atoms with Crippen LogP contribution in [0.3, 0.4) is 0 Å². The Morgan fingerprint density at radius 1 is 0.272 bits per heavy atom. The van der Waals surface area contributed by atoms with Gasteiger partial charge in [-0.2, -0.15) is 0 Å². The van der Waals surface area contributed by atoms with Gasteiger partial charge in [0.15, 0.2) is 0 Å². The fourth-order valence-corrected chi connectivity index (χ4v) is 14.0. The number of ether oxygens (including phenoxy) is 3. The lowest BCUT2D eigenvalue weighted by Crippen LogP contribution is -2.27. The van der Waals surface area contributed by atoms with E-state index < -0.39 is 23.3 Å². The third-order valence-electron chi connectivity index (χ3n) is 18.5. The minimum Gasteiger partial charge on any atom is -0.422 e. The van der Waals surface area contributed by atoms with Crippen LogP contribution in [0.2, 0.25) is 0 Å². The number of carbonyl (C=O) groups excluding carboxylic acids is 3. The van der Waals surface area contributed by atoms with E-state index >= 15 is 0 Å². The van der Waals surface area contributed by atoms with Crippen LogP contribution in [-0.4, -0.2) is 31.6 Å². The van der Waals surface area contributed by atoms with Gasteiger partial charge in [0, 0.05) is 54.8 Å². The van der Waals surface area contributed by atoms with E-state index in [1.165, 1.54) is 0 Å². The van der Waals surface area contributed by atoms with Gasteiger partial charge < -0.3 is 27.9 Å². The van der Waals surface area contributed by atoms with Crippen LogP contribution in [0.25, 0.3) is 82.5 Å². The van der Waals surface area contributed by atoms with Crippen molar-refractivity contribution >= 4 is 83.3 Å². The number of fused-ring (bicyclic) bond motifs is 9. The Balaban J connectivity index is 0.748. The summed E-state index contributed by atoms with van der Waals surface area (Å²) >= 11 is 0. The molecule has 0 aliphatic carbocycles. The molecule has 3 aromatic heterocycles. The molecule has 3 heterocycles. The lowest BCUT2D eigenvalue weighted by atomic mass is 9.69. The van der Waals surface area contributed by atoms with E-state index in [4.69, 9.17) is 14.2 Å². The molecular weight excluding hydrogens is 1130 g/mol. The summed E-state index contributed by atoms with van der Waals surface area (Å²) in [5.74, 6) is 0.0262. The van der Waals surface area contributed by atoms with Crippen molar-refractivity contribution in [1.82, 2.24) is 13.7 Å². The number of hydrogen-bond acceptors (Lipinski definition) is 6. The summed E-state index contributed by atoms with van der Waals surface area (Å²) in [6.07, 6.45) is 0. The first-order valence-electron chi connectivity index (χ1n) is 31.0. The van der Waals surface area contributed by atoms with E-state index in [1.54, 1.807) is 0 Å². The van der Waals surface area contributed by atoms with Gasteiger partial charge in [-0.1, -0.05) is 146 Å². The van der Waals surface area contributed by atoms with Crippen molar-refractivity contribution in [3.63, 3.8) is 0 Å². The molecule has 15 aromatic rings. The van der Waals surface area contributed by atoms with Crippen LogP contribution in [0.5, 0.6) is 17.2 Å². The molecule has 0 spiro atoms. The summed E-state index contributed by atoms with van der Waals surface area (Å²) in [5.41, 5.74) is 17.1. The van der Waals surface area contributed by atoms with Crippen molar-refractivity contribution in [2.75, 3.05) is 0 Å². The molecule has 0 aliphatic heterocycles. The first-order chi connectivity index (χ1) is 44.7. The molecule has 0 atom stereocenters. The van der Waals surface area contributed by atoms with E-state index in [-0.39, 0.29) is 0 Å². The van der Waals surface area contributed by atoms with E-state index in [0.29, 0.717) is 33.9 Å². The van der Waals surface area contributed by atoms with Gasteiger partial charge in [0.05, 0.1) is 49.8 Å². The van der Waals surface area contributed by atoms with Crippen LogP contribution in [0.15, 0.2) is 255 Å². The largest absolute Gasteiger partial charge is 0.422 e. The highest BCUT2D eigenvalue weighted by atomic mass is 16.5. The fourth-order valence-electron chi connectivity index (χ4n) is 14.0. The second kappa shape index (κ2) is 22.5. The Kier molecular flexibility index (Phi) is 13.9. The number of rotatable bonds is 12. The SMILES string of the molecule is Cc1cc(C(C)(c2cc(C)c(OC(=O)c3ccc(-n4c5ccccc5c5ccccc54)cc3)c(C)c2)c2cc(C)c(OC(=O)c3ccc(-n4c5ccccc5c5ccccc54)cc3)c(C)c2)cc(C)c1OC(=O)c1ccc(-n2c3ccccc3c3ccccc32)cc1. The number of carbonyl (C=O) groups is 3. The molecular formula is C83H63N3O6. The van der Waals surface area contributed by atoms with Crippen molar-refractivity contribution in [3.8, 4) is 34.3 Å². The van der Waals surface area contributed by atoms with E-state index in [1.807, 2.05) is 151 Å². The minimum absolute atomic E-state index is 0.425. The Hall–Kier alpha value is -11.6. The van der Waals surface area contributed by atoms with Crippen LogP contribution >= 0.6 is 0 Å². The first kappa shape index (κ1) is 56.9. The molecule has 9 heteroatoms. The predicted octanol–water partition coefficient (Wildman–Crippen LogP) is 19.8. The second-order valence-corrected chi connectivity index (χ2v) is 24.4. The van der Waals surface area contributed by atoms with Gasteiger partial charge in [-0.05, 0) is 208 Å². The molecule has 446 valence electrons. The summed E-state index contributed by atoms with van der Waals surface area (Å²) in [6, 6.07) is 85.3. The molecule has 0 aliphatic rings. The van der Waals surface area contributed by atoms with Crippen molar-refractivity contribution in [1.29, 1.82) is 0 Å². The van der Waals surface area contributed by atoms with Crippen LogP contribution in [0.4, 0.5) is 0 Å². The molecule has 0 saturated heterocycles. The van der Waals surface area contributed by atoms with E-state index in [0.717, 1.165) is 133 Å². The van der Waals surface area contributed by atoms with Gasteiger partial charge in [0.2, 0.25) is 0 Å². The predicted molar refractivity (Wildman–Crippen MR) is 371 cm³/mol. The van der Waals surface area contributed by atoms with Gasteiger partial charge in [-0.25, -0.2) is 14.4 Å². The zero-order valence-corrected chi connectivity index (χ0v) is 52.0. The quantitative estimate of drug-likeness (QED) is 0.0687. The minimum atomic E-state index is -0.873. The lowest BCUT2D eigenvalue weighted by molar-refractivity contribution is 0.0723. The molecule has 92 heavy (non-hydrogen) atoms. The average molecular weight is 1200 g/mol. The fraction of sp³-hybridized carbons (Fsp3) is 0.0964. The summed E-state index contributed by atoms with van der Waals surface area (Å²) < 4.78 is 25.7. The maximum Gasteiger partial charge on any atom is 0.343 e. The Labute approximate surface area is 532 Å². The maximum absolute atomic E-state index is 14.2. The highest BCUT2D eigenvalue weighted by Gasteiger charge is 2.35. The van der Waals surface area contributed by atoms with Gasteiger partial charge in [-0.3, -0.25) is 0 Å². The number of benzene rings is 12. The normalized spacial score (nSPS) is 11.8. The summed E-state index contributed by atoms with van der Waals surface area (Å²) in [5, 5.41) is 6.96. The number of hydrogen-bond donors (Lipinski definition) is 0. The molecule has 12 aromatic carbocycles. The van der Waals surface area contributed by atoms with Gasteiger partial charge in [-0.15, -0.1) is 0 Å². The van der Waals surface area contributed by atoms with Crippen molar-refractivity contribution in [2.45, 2.75) is 53.9 Å². The van der Waals surface area contributed by atoms with Crippen molar-refractivity contribution < 1.29 is 28.6 Å². The summed E-state index contributed by atoms with van der Waals surface area (Å²) in [4.78, 5) is 42.6. The monoisotopic (exact) mass is 1200 g/mol. The lowest BCUT2D eigenvalue weighted by Gasteiger charge is -2.34. The molecule has 9 nitrogen and oxygen atoms in total. The Morgan fingerprint density at radius 3 is 0.652 bits per heavy atom. The van der Waals surface area contributed by atoms with Crippen LogP contribution in [0, 0.1) is 41.5 Å². The number of para-hydroxylation sites is 6.